The van der Waals surface area contributed by atoms with E-state index in [1.54, 1.807) is 31.2 Å². The quantitative estimate of drug-likeness (QED) is 0.331. The number of hydrogen-bond acceptors (Lipinski definition) is 6. The van der Waals surface area contributed by atoms with Crippen LogP contribution in [0.3, 0.4) is 0 Å². The molecule has 9 heteroatoms. The molecule has 188 valence electrons. The number of hydrogen-bond donors (Lipinski definition) is 2. The lowest BCUT2D eigenvalue weighted by Crippen LogP contribution is -2.32. The van der Waals surface area contributed by atoms with Crippen LogP contribution in [0.1, 0.15) is 38.8 Å². The first kappa shape index (κ1) is 25.7. The van der Waals surface area contributed by atoms with Gasteiger partial charge in [-0.15, -0.1) is 0 Å². The molecule has 8 nitrogen and oxygen atoms in total. The molecule has 1 heterocycles. The number of imide groups is 1. The summed E-state index contributed by atoms with van der Waals surface area (Å²) in [6.45, 7) is 5.77. The Bertz CT molecular complexity index is 1450. The van der Waals surface area contributed by atoms with Gasteiger partial charge in [0.15, 0.2) is 0 Å². The molecule has 0 saturated heterocycles. The Labute approximate surface area is 218 Å². The van der Waals surface area contributed by atoms with Gasteiger partial charge in [0, 0.05) is 16.9 Å². The number of nitrogens with one attached hydrogen (secondary N) is 2. The van der Waals surface area contributed by atoms with Crippen molar-refractivity contribution in [3.05, 3.63) is 99.7 Å². The predicted molar refractivity (Wildman–Crippen MR) is 142 cm³/mol. The van der Waals surface area contributed by atoms with Crippen molar-refractivity contribution in [1.82, 2.24) is 0 Å². The third-order valence-electron chi connectivity index (χ3n) is 5.70. The fraction of sp³-hybridized carbons (Fsp3) is 0.143. The number of nitrogens with zero attached hydrogens (tertiary/aromatic N) is 1. The van der Waals surface area contributed by atoms with Gasteiger partial charge in [-0.25, -0.2) is 9.69 Å². The maximum atomic E-state index is 13.1. The highest BCUT2D eigenvalue weighted by Gasteiger charge is 2.39. The third-order valence-corrected chi connectivity index (χ3v) is 6.05. The topological polar surface area (TPSA) is 105 Å². The van der Waals surface area contributed by atoms with E-state index in [0.717, 1.165) is 16.0 Å². The highest BCUT2D eigenvalue weighted by atomic mass is 35.5. The molecule has 0 atom stereocenters. The van der Waals surface area contributed by atoms with Gasteiger partial charge in [-0.05, 0) is 80.4 Å². The summed E-state index contributed by atoms with van der Waals surface area (Å²) in [6, 6.07) is 18.1. The van der Waals surface area contributed by atoms with E-state index < -0.39 is 17.8 Å². The van der Waals surface area contributed by atoms with E-state index in [-0.39, 0.29) is 34.5 Å². The fourth-order valence-electron chi connectivity index (χ4n) is 3.75. The molecule has 0 unspecified atom stereocenters. The standard InChI is InChI=1S/C28H24ClN3O5/c1-4-37-28(36)18-10-12-21(13-11-18)32-26(34)23(29)24(27(32)35)30-20-7-5-6-19(15-20)25(33)31-22-14-16(2)8-9-17(22)3/h5-15,30H,4H2,1-3H3,(H,31,33). The van der Waals surface area contributed by atoms with Crippen LogP contribution in [0.2, 0.25) is 0 Å². The van der Waals surface area contributed by atoms with Gasteiger partial charge in [-0.1, -0.05) is 29.8 Å². The van der Waals surface area contributed by atoms with Gasteiger partial charge in [0.05, 0.1) is 17.9 Å². The first-order valence-electron chi connectivity index (χ1n) is 11.5. The number of esters is 1. The SMILES string of the molecule is CCOC(=O)c1ccc(N2C(=O)C(Cl)=C(Nc3cccc(C(=O)Nc4cc(C)ccc4C)c3)C2=O)cc1. The minimum absolute atomic E-state index is 0.117. The Balaban J connectivity index is 1.51. The van der Waals surface area contributed by atoms with Crippen LogP contribution in [0.25, 0.3) is 0 Å². The predicted octanol–water partition coefficient (Wildman–Crippen LogP) is 5.17. The second-order valence-corrected chi connectivity index (χ2v) is 8.76. The summed E-state index contributed by atoms with van der Waals surface area (Å²) in [4.78, 5) is 51.6. The van der Waals surface area contributed by atoms with Crippen molar-refractivity contribution in [3.63, 3.8) is 0 Å². The summed E-state index contributed by atoms with van der Waals surface area (Å²) in [5, 5.41) is 5.49. The van der Waals surface area contributed by atoms with Gasteiger partial charge in [-0.2, -0.15) is 0 Å². The summed E-state index contributed by atoms with van der Waals surface area (Å²) in [5.74, 6) is -2.20. The monoisotopic (exact) mass is 517 g/mol. The highest BCUT2D eigenvalue weighted by Crippen LogP contribution is 2.30. The number of amides is 3. The molecule has 2 N–H and O–H groups in total. The third kappa shape index (κ3) is 5.39. The zero-order chi connectivity index (χ0) is 26.7. The minimum Gasteiger partial charge on any atom is -0.462 e. The van der Waals surface area contributed by atoms with Gasteiger partial charge in [-0.3, -0.25) is 14.4 Å². The second kappa shape index (κ2) is 10.7. The van der Waals surface area contributed by atoms with Crippen LogP contribution in [0, 0.1) is 13.8 Å². The maximum Gasteiger partial charge on any atom is 0.338 e. The van der Waals surface area contributed by atoms with Crippen LogP contribution in [0.15, 0.2) is 77.5 Å². The lowest BCUT2D eigenvalue weighted by Gasteiger charge is -2.15. The molecule has 0 bridgehead atoms. The van der Waals surface area contributed by atoms with Crippen LogP contribution in [0.4, 0.5) is 17.1 Å². The van der Waals surface area contributed by atoms with Crippen LogP contribution >= 0.6 is 11.6 Å². The average molecular weight is 518 g/mol. The Morgan fingerprint density at radius 3 is 2.35 bits per heavy atom. The van der Waals surface area contributed by atoms with Crippen LogP contribution in [-0.2, 0) is 14.3 Å². The Hall–Kier alpha value is -4.43. The molecule has 0 aliphatic carbocycles. The van der Waals surface area contributed by atoms with Gasteiger partial charge in [0.25, 0.3) is 17.7 Å². The van der Waals surface area contributed by atoms with Crippen molar-refractivity contribution in [1.29, 1.82) is 0 Å². The van der Waals surface area contributed by atoms with Crippen molar-refractivity contribution in [2.45, 2.75) is 20.8 Å². The Morgan fingerprint density at radius 2 is 1.65 bits per heavy atom. The normalized spacial score (nSPS) is 13.1. The van der Waals surface area contributed by atoms with E-state index in [4.69, 9.17) is 16.3 Å². The van der Waals surface area contributed by atoms with Gasteiger partial charge < -0.3 is 15.4 Å². The lowest BCUT2D eigenvalue weighted by molar-refractivity contribution is -0.120. The van der Waals surface area contributed by atoms with Crippen molar-refractivity contribution >= 4 is 52.4 Å². The van der Waals surface area contributed by atoms with E-state index in [9.17, 15) is 19.2 Å². The van der Waals surface area contributed by atoms with Crippen molar-refractivity contribution < 1.29 is 23.9 Å². The summed E-state index contributed by atoms with van der Waals surface area (Å²) in [7, 11) is 0. The van der Waals surface area contributed by atoms with Gasteiger partial charge in [0.1, 0.15) is 10.7 Å². The molecule has 3 aromatic carbocycles. The number of halogens is 1. The molecule has 1 aliphatic rings. The number of ether oxygens (including phenoxy) is 1. The smallest absolute Gasteiger partial charge is 0.338 e. The first-order valence-corrected chi connectivity index (χ1v) is 11.9. The molecule has 0 fully saturated rings. The molecule has 0 saturated carbocycles. The van der Waals surface area contributed by atoms with E-state index in [1.165, 1.54) is 24.3 Å². The zero-order valence-electron chi connectivity index (χ0n) is 20.4. The first-order chi connectivity index (χ1) is 17.7. The van der Waals surface area contributed by atoms with Crippen molar-refractivity contribution in [2.24, 2.45) is 0 Å². The number of carbonyl (C=O) groups excluding carboxylic acids is 4. The summed E-state index contributed by atoms with van der Waals surface area (Å²) < 4.78 is 4.95. The van der Waals surface area contributed by atoms with Crippen molar-refractivity contribution in [2.75, 3.05) is 22.1 Å². The van der Waals surface area contributed by atoms with E-state index >= 15 is 0 Å². The van der Waals surface area contributed by atoms with Crippen LogP contribution in [0.5, 0.6) is 0 Å². The zero-order valence-corrected chi connectivity index (χ0v) is 21.2. The summed E-state index contributed by atoms with van der Waals surface area (Å²) in [5.41, 5.74) is 3.83. The molecule has 37 heavy (non-hydrogen) atoms. The minimum atomic E-state index is -0.707. The molecule has 3 aromatic rings. The maximum absolute atomic E-state index is 13.1. The highest BCUT2D eigenvalue weighted by molar-refractivity contribution is 6.53. The van der Waals surface area contributed by atoms with Crippen LogP contribution in [-0.4, -0.2) is 30.3 Å². The van der Waals surface area contributed by atoms with E-state index in [1.807, 2.05) is 32.0 Å². The number of anilines is 3. The molecule has 0 radical (unpaired) electrons. The molecular weight excluding hydrogens is 494 g/mol. The van der Waals surface area contributed by atoms with Gasteiger partial charge in [0.2, 0.25) is 0 Å². The molecule has 3 amide bonds. The Kier molecular flexibility index (Phi) is 7.40. The lowest BCUT2D eigenvalue weighted by atomic mass is 10.1. The van der Waals surface area contributed by atoms with E-state index in [2.05, 4.69) is 10.6 Å². The number of aryl methyl sites for hydroxylation is 2. The number of carbonyl (C=O) groups is 4. The molecule has 4 rings (SSSR count). The largest absolute Gasteiger partial charge is 0.462 e. The molecule has 0 aromatic heterocycles. The molecule has 1 aliphatic heterocycles. The van der Waals surface area contributed by atoms with Crippen LogP contribution < -0.4 is 15.5 Å². The molecule has 0 spiro atoms. The fourth-order valence-corrected chi connectivity index (χ4v) is 3.97. The Morgan fingerprint density at radius 1 is 0.919 bits per heavy atom. The average Bonchev–Trinajstić information content (AvgIpc) is 3.09. The number of rotatable bonds is 7. The van der Waals surface area contributed by atoms with Gasteiger partial charge >= 0.3 is 5.97 Å². The molecular formula is C28H24ClN3O5. The summed E-state index contributed by atoms with van der Waals surface area (Å²) >= 11 is 6.23. The second-order valence-electron chi connectivity index (χ2n) is 8.38. The van der Waals surface area contributed by atoms with Crippen molar-refractivity contribution in [3.8, 4) is 0 Å². The summed E-state index contributed by atoms with van der Waals surface area (Å²) in [6.07, 6.45) is 0. The number of benzene rings is 3. The van der Waals surface area contributed by atoms with E-state index in [0.29, 0.717) is 16.9 Å².